The van der Waals surface area contributed by atoms with Crippen LogP contribution in [0.1, 0.15) is 35.9 Å². The van der Waals surface area contributed by atoms with Crippen molar-refractivity contribution in [1.29, 1.82) is 0 Å². The number of aromatic nitrogens is 3. The summed E-state index contributed by atoms with van der Waals surface area (Å²) >= 11 is 6.29. The van der Waals surface area contributed by atoms with E-state index in [4.69, 9.17) is 11.6 Å². The summed E-state index contributed by atoms with van der Waals surface area (Å²) in [5.74, 6) is 0.426. The van der Waals surface area contributed by atoms with E-state index in [-0.39, 0.29) is 11.6 Å². The molecule has 0 bridgehead atoms. The van der Waals surface area contributed by atoms with Gasteiger partial charge >= 0.3 is 0 Å². The molecule has 0 saturated carbocycles. The van der Waals surface area contributed by atoms with Gasteiger partial charge in [0.15, 0.2) is 0 Å². The number of nitrogens with zero attached hydrogens (tertiary/aromatic N) is 3. The fourth-order valence-corrected chi connectivity index (χ4v) is 2.98. The Morgan fingerprint density at radius 3 is 2.62 bits per heavy atom. The molecule has 0 aliphatic rings. The molecule has 9 heteroatoms. The van der Waals surface area contributed by atoms with Crippen LogP contribution in [0.25, 0.3) is 0 Å². The van der Waals surface area contributed by atoms with E-state index in [9.17, 15) is 9.18 Å². The van der Waals surface area contributed by atoms with Crippen molar-refractivity contribution in [2.24, 2.45) is 0 Å². The van der Waals surface area contributed by atoms with Crippen LogP contribution in [0, 0.1) is 12.7 Å². The Labute approximate surface area is 173 Å². The minimum Gasteiger partial charge on any atom is -0.355 e. The molecule has 7 nitrogen and oxygen atoms in total. The summed E-state index contributed by atoms with van der Waals surface area (Å²) in [6, 6.07) is 7.73. The highest BCUT2D eigenvalue weighted by atomic mass is 35.5. The first kappa shape index (κ1) is 20.6. The van der Waals surface area contributed by atoms with Gasteiger partial charge in [0.05, 0.1) is 33.9 Å². The summed E-state index contributed by atoms with van der Waals surface area (Å²) in [6.07, 6.45) is 1.50. The van der Waals surface area contributed by atoms with Gasteiger partial charge in [-0.2, -0.15) is 5.10 Å². The molecule has 0 spiro atoms. The topological polar surface area (TPSA) is 83.9 Å². The van der Waals surface area contributed by atoms with Crippen molar-refractivity contribution < 1.29 is 9.18 Å². The van der Waals surface area contributed by atoms with Gasteiger partial charge in [0.1, 0.15) is 17.5 Å². The van der Waals surface area contributed by atoms with Crippen LogP contribution in [0.4, 0.5) is 27.4 Å². The highest BCUT2D eigenvalue weighted by Gasteiger charge is 2.14. The van der Waals surface area contributed by atoms with Crippen LogP contribution >= 0.6 is 11.6 Å². The van der Waals surface area contributed by atoms with Crippen LogP contribution in [-0.2, 0) is 0 Å². The third kappa shape index (κ3) is 4.65. The van der Waals surface area contributed by atoms with E-state index in [1.807, 2.05) is 31.5 Å². The van der Waals surface area contributed by atoms with E-state index < -0.39 is 11.7 Å². The molecule has 152 valence electrons. The average Bonchev–Trinajstić information content (AvgIpc) is 3.05. The monoisotopic (exact) mass is 416 g/mol. The zero-order chi connectivity index (χ0) is 21.1. The normalized spacial score (nSPS) is 10.9. The van der Waals surface area contributed by atoms with Crippen LogP contribution in [-0.4, -0.2) is 27.7 Å². The van der Waals surface area contributed by atoms with Gasteiger partial charge in [0, 0.05) is 25.2 Å². The Hall–Kier alpha value is -3.13. The third-order valence-corrected chi connectivity index (χ3v) is 4.48. The number of rotatable bonds is 6. The van der Waals surface area contributed by atoms with Gasteiger partial charge in [0.2, 0.25) is 0 Å². The average molecular weight is 417 g/mol. The van der Waals surface area contributed by atoms with E-state index in [0.717, 1.165) is 11.5 Å². The molecule has 0 aliphatic carbocycles. The lowest BCUT2D eigenvalue weighted by molar-refractivity contribution is 0.0963. The predicted octanol–water partition coefficient (Wildman–Crippen LogP) is 4.81. The van der Waals surface area contributed by atoms with Gasteiger partial charge < -0.3 is 16.0 Å². The number of hydrogen-bond acceptors (Lipinski definition) is 5. The number of halogens is 2. The predicted molar refractivity (Wildman–Crippen MR) is 113 cm³/mol. The summed E-state index contributed by atoms with van der Waals surface area (Å²) in [5.41, 5.74) is 2.00. The Bertz CT molecular complexity index is 1050. The second-order valence-electron chi connectivity index (χ2n) is 6.78. The smallest absolute Gasteiger partial charge is 0.253 e. The molecule has 3 rings (SSSR count). The van der Waals surface area contributed by atoms with E-state index in [0.29, 0.717) is 22.2 Å². The van der Waals surface area contributed by atoms with Gasteiger partial charge in [0.25, 0.3) is 5.91 Å². The van der Waals surface area contributed by atoms with Crippen molar-refractivity contribution in [1.82, 2.24) is 20.1 Å². The van der Waals surface area contributed by atoms with Crippen molar-refractivity contribution in [3.8, 4) is 0 Å². The van der Waals surface area contributed by atoms with Crippen LogP contribution < -0.4 is 16.0 Å². The maximum atomic E-state index is 13.6. The highest BCUT2D eigenvalue weighted by Crippen LogP contribution is 2.30. The number of carbonyl (C=O) groups excluding carboxylic acids is 1. The Morgan fingerprint density at radius 1 is 1.17 bits per heavy atom. The summed E-state index contributed by atoms with van der Waals surface area (Å²) in [7, 11) is 1.48. The number of nitrogens with one attached hydrogen (secondary N) is 3. The van der Waals surface area contributed by atoms with E-state index in [1.54, 1.807) is 6.07 Å². The molecule has 3 N–H and O–H groups in total. The first-order valence-electron chi connectivity index (χ1n) is 9.06. The molecule has 0 unspecified atom stereocenters. The number of amides is 1. The van der Waals surface area contributed by atoms with Crippen LogP contribution in [0.5, 0.6) is 0 Å². The fourth-order valence-electron chi connectivity index (χ4n) is 2.83. The van der Waals surface area contributed by atoms with Crippen molar-refractivity contribution in [2.45, 2.75) is 26.8 Å². The first-order chi connectivity index (χ1) is 13.8. The van der Waals surface area contributed by atoms with Gasteiger partial charge in [-0.05, 0) is 39.0 Å². The Kier molecular flexibility index (Phi) is 6.03. The summed E-state index contributed by atoms with van der Waals surface area (Å²) in [4.78, 5) is 16.4. The number of benzene rings is 1. The molecule has 1 aromatic carbocycles. The van der Waals surface area contributed by atoms with Crippen molar-refractivity contribution in [3.05, 3.63) is 58.6 Å². The lowest BCUT2D eigenvalue weighted by atomic mass is 10.1. The molecule has 29 heavy (non-hydrogen) atoms. The molecule has 0 saturated heterocycles. The van der Waals surface area contributed by atoms with Gasteiger partial charge in [-0.1, -0.05) is 11.6 Å². The SMILES string of the molecule is CNC(=O)c1cc(F)ccc1Nc1cc(Nc2cc(C)nn2C(C)C)ncc1Cl. The maximum absolute atomic E-state index is 13.6. The molecule has 0 radical (unpaired) electrons. The number of carbonyl (C=O) groups is 1. The maximum Gasteiger partial charge on any atom is 0.253 e. The molecule has 0 aliphatic heterocycles. The van der Waals surface area contributed by atoms with Gasteiger partial charge in [-0.15, -0.1) is 0 Å². The minimum atomic E-state index is -0.505. The van der Waals surface area contributed by atoms with Crippen molar-refractivity contribution in [2.75, 3.05) is 17.7 Å². The second kappa shape index (κ2) is 8.48. The van der Waals surface area contributed by atoms with Crippen molar-refractivity contribution >= 4 is 40.5 Å². The molecular weight excluding hydrogens is 395 g/mol. The Balaban J connectivity index is 1.92. The summed E-state index contributed by atoms with van der Waals surface area (Å²) < 4.78 is 15.5. The lowest BCUT2D eigenvalue weighted by Gasteiger charge is -2.15. The molecule has 0 fully saturated rings. The highest BCUT2D eigenvalue weighted by molar-refractivity contribution is 6.33. The number of hydrogen-bond donors (Lipinski definition) is 3. The first-order valence-corrected chi connectivity index (χ1v) is 9.43. The number of pyridine rings is 1. The van der Waals surface area contributed by atoms with Crippen molar-refractivity contribution in [3.63, 3.8) is 0 Å². The van der Waals surface area contributed by atoms with E-state index in [2.05, 4.69) is 26.0 Å². The fraction of sp³-hybridized carbons (Fsp3) is 0.250. The lowest BCUT2D eigenvalue weighted by Crippen LogP contribution is -2.19. The molecule has 3 aromatic rings. The quantitative estimate of drug-likeness (QED) is 0.537. The van der Waals surface area contributed by atoms with Gasteiger partial charge in [-0.25, -0.2) is 14.1 Å². The van der Waals surface area contributed by atoms with E-state index >= 15 is 0 Å². The molecule has 1 amide bonds. The molecule has 2 heterocycles. The van der Waals surface area contributed by atoms with Crippen LogP contribution in [0.2, 0.25) is 5.02 Å². The standard InChI is InChI=1S/C20H22ClFN6O/c1-11(2)28-19(7-12(3)27-28)26-18-9-17(15(21)10-24-18)25-16-6-5-13(22)8-14(16)20(29)23-4/h5-11H,1-4H3,(H,23,29)(H2,24,25,26). The second-order valence-corrected chi connectivity index (χ2v) is 7.18. The molecule has 2 aromatic heterocycles. The minimum absolute atomic E-state index is 0.170. The zero-order valence-electron chi connectivity index (χ0n) is 16.5. The number of anilines is 4. The molecular formula is C20H22ClFN6O. The third-order valence-electron chi connectivity index (χ3n) is 4.18. The molecule has 0 atom stereocenters. The van der Waals surface area contributed by atoms with Crippen LogP contribution in [0.15, 0.2) is 36.5 Å². The zero-order valence-corrected chi connectivity index (χ0v) is 17.3. The van der Waals surface area contributed by atoms with Crippen LogP contribution in [0.3, 0.4) is 0 Å². The summed E-state index contributed by atoms with van der Waals surface area (Å²) in [6.45, 7) is 5.99. The largest absolute Gasteiger partial charge is 0.355 e. The van der Waals surface area contributed by atoms with E-state index in [1.165, 1.54) is 31.4 Å². The summed E-state index contributed by atoms with van der Waals surface area (Å²) in [5, 5.41) is 13.7. The Morgan fingerprint density at radius 2 is 1.93 bits per heavy atom. The number of aryl methyl sites for hydroxylation is 1. The van der Waals surface area contributed by atoms with Gasteiger partial charge in [-0.3, -0.25) is 4.79 Å².